The maximum atomic E-state index is 10.8. The molecule has 0 spiro atoms. The number of nitrogen functional groups attached to an aromatic ring is 1. The largest absolute Gasteiger partial charge is 0.497 e. The molecule has 2 rings (SSSR count). The molecule has 0 radical (unpaired) electrons. The fraction of sp³-hybridized carbons (Fsp3) is 0.111. The topological polar surface area (TPSA) is 94.1 Å². The van der Waals surface area contributed by atoms with E-state index < -0.39 is 5.76 Å². The van der Waals surface area contributed by atoms with Crippen molar-refractivity contribution in [1.82, 2.24) is 10.2 Å². The van der Waals surface area contributed by atoms with Crippen molar-refractivity contribution >= 4 is 5.69 Å². The number of aromatic nitrogens is 2. The Hall–Kier alpha value is -2.24. The molecule has 0 aliphatic carbocycles. The molecule has 2 aromatic rings. The number of ether oxygens (including phenoxy) is 1. The third-order valence-electron chi connectivity index (χ3n) is 1.85. The van der Waals surface area contributed by atoms with Gasteiger partial charge in [-0.3, -0.25) is 0 Å². The van der Waals surface area contributed by atoms with Crippen LogP contribution in [-0.2, 0) is 0 Å². The van der Waals surface area contributed by atoms with E-state index in [4.69, 9.17) is 14.9 Å². The van der Waals surface area contributed by atoms with E-state index in [1.807, 2.05) is 0 Å². The second-order valence-electron chi connectivity index (χ2n) is 2.91. The van der Waals surface area contributed by atoms with Crippen LogP contribution in [0.1, 0.15) is 0 Å². The average Bonchev–Trinajstić information content (AvgIpc) is 2.64. The van der Waals surface area contributed by atoms with Gasteiger partial charge in [-0.1, -0.05) is 0 Å². The predicted molar refractivity (Wildman–Crippen MR) is 53.5 cm³/mol. The highest BCUT2D eigenvalue weighted by molar-refractivity contribution is 5.63. The second kappa shape index (κ2) is 3.49. The summed E-state index contributed by atoms with van der Waals surface area (Å²) in [4.78, 5) is 10.8. The molecular formula is C9H9N3O3. The lowest BCUT2D eigenvalue weighted by molar-refractivity contribution is 0.415. The molecule has 0 amide bonds. The van der Waals surface area contributed by atoms with Crippen LogP contribution in [0.2, 0.25) is 0 Å². The molecule has 0 aliphatic heterocycles. The molecule has 1 aromatic heterocycles. The highest BCUT2D eigenvalue weighted by Gasteiger charge is 2.07. The van der Waals surface area contributed by atoms with Crippen LogP contribution in [0.3, 0.4) is 0 Å². The first-order valence-corrected chi connectivity index (χ1v) is 4.19. The summed E-state index contributed by atoms with van der Waals surface area (Å²) in [6, 6.07) is 4.98. The number of aromatic amines is 1. The van der Waals surface area contributed by atoms with Gasteiger partial charge >= 0.3 is 5.76 Å². The van der Waals surface area contributed by atoms with Crippen molar-refractivity contribution in [2.24, 2.45) is 0 Å². The van der Waals surface area contributed by atoms with Crippen LogP contribution in [0.15, 0.2) is 27.4 Å². The number of nitrogens with two attached hydrogens (primary N) is 1. The summed E-state index contributed by atoms with van der Waals surface area (Å²) in [5, 5.41) is 5.86. The second-order valence-corrected chi connectivity index (χ2v) is 2.91. The molecule has 0 fully saturated rings. The molecule has 0 saturated carbocycles. The molecule has 0 bridgehead atoms. The first-order valence-electron chi connectivity index (χ1n) is 4.19. The number of methoxy groups -OCH3 is 1. The number of hydrogen-bond acceptors (Lipinski definition) is 5. The van der Waals surface area contributed by atoms with Crippen LogP contribution in [0.4, 0.5) is 5.69 Å². The summed E-state index contributed by atoms with van der Waals surface area (Å²) in [7, 11) is 1.53. The van der Waals surface area contributed by atoms with Crippen molar-refractivity contribution in [3.8, 4) is 17.2 Å². The summed E-state index contributed by atoms with van der Waals surface area (Å²) in [5.41, 5.74) is 6.74. The molecule has 78 valence electrons. The van der Waals surface area contributed by atoms with E-state index in [-0.39, 0.29) is 5.89 Å². The summed E-state index contributed by atoms with van der Waals surface area (Å²) >= 11 is 0. The number of rotatable bonds is 2. The van der Waals surface area contributed by atoms with Gasteiger partial charge in [-0.05, 0) is 12.1 Å². The Morgan fingerprint density at radius 1 is 1.47 bits per heavy atom. The van der Waals surface area contributed by atoms with E-state index in [0.29, 0.717) is 17.0 Å². The molecular weight excluding hydrogens is 198 g/mol. The lowest BCUT2D eigenvalue weighted by Gasteiger charge is -2.02. The molecule has 6 heteroatoms. The Morgan fingerprint density at radius 3 is 2.87 bits per heavy atom. The van der Waals surface area contributed by atoms with Crippen LogP contribution in [0.25, 0.3) is 11.5 Å². The minimum Gasteiger partial charge on any atom is -0.497 e. The van der Waals surface area contributed by atoms with Crippen LogP contribution in [0, 0.1) is 0 Å². The molecule has 1 heterocycles. The maximum Gasteiger partial charge on any atom is 0.434 e. The first kappa shape index (κ1) is 9.32. The van der Waals surface area contributed by atoms with Gasteiger partial charge < -0.3 is 14.9 Å². The minimum absolute atomic E-state index is 0.186. The zero-order chi connectivity index (χ0) is 10.8. The fourth-order valence-electron chi connectivity index (χ4n) is 1.22. The summed E-state index contributed by atoms with van der Waals surface area (Å²) < 4.78 is 9.82. The monoisotopic (exact) mass is 207 g/mol. The molecule has 3 N–H and O–H groups in total. The van der Waals surface area contributed by atoms with Gasteiger partial charge in [-0.25, -0.2) is 9.89 Å². The molecule has 0 atom stereocenters. The summed E-state index contributed by atoms with van der Waals surface area (Å²) in [6.07, 6.45) is 0. The fourth-order valence-corrected chi connectivity index (χ4v) is 1.22. The lowest BCUT2D eigenvalue weighted by Crippen LogP contribution is -1.93. The lowest BCUT2D eigenvalue weighted by atomic mass is 10.2. The average molecular weight is 207 g/mol. The molecule has 6 nitrogen and oxygen atoms in total. The van der Waals surface area contributed by atoms with Gasteiger partial charge in [0.2, 0.25) is 5.89 Å². The number of nitrogens with zero attached hydrogens (tertiary/aromatic N) is 1. The van der Waals surface area contributed by atoms with E-state index >= 15 is 0 Å². The SMILES string of the molecule is COc1cc(N)cc(-c2n[nH]c(=O)o2)c1. The van der Waals surface area contributed by atoms with Gasteiger partial charge in [0.1, 0.15) is 5.75 Å². The first-order chi connectivity index (χ1) is 7.19. The molecule has 1 aromatic carbocycles. The van der Waals surface area contributed by atoms with E-state index in [1.54, 1.807) is 18.2 Å². The number of hydrogen-bond donors (Lipinski definition) is 2. The van der Waals surface area contributed by atoms with E-state index in [2.05, 4.69) is 10.2 Å². The minimum atomic E-state index is -0.605. The number of nitrogens with one attached hydrogen (secondary N) is 1. The Kier molecular flexibility index (Phi) is 2.17. The Balaban J connectivity index is 2.52. The van der Waals surface area contributed by atoms with Gasteiger partial charge in [-0.15, -0.1) is 5.10 Å². The highest BCUT2D eigenvalue weighted by atomic mass is 16.5. The van der Waals surface area contributed by atoms with Crippen LogP contribution in [0.5, 0.6) is 5.75 Å². The van der Waals surface area contributed by atoms with Crippen molar-refractivity contribution in [2.45, 2.75) is 0 Å². The molecule has 15 heavy (non-hydrogen) atoms. The highest BCUT2D eigenvalue weighted by Crippen LogP contribution is 2.24. The number of benzene rings is 1. The smallest absolute Gasteiger partial charge is 0.434 e. The van der Waals surface area contributed by atoms with Crippen LogP contribution < -0.4 is 16.2 Å². The molecule has 0 aliphatic rings. The Bertz CT molecular complexity index is 529. The van der Waals surface area contributed by atoms with Crippen molar-refractivity contribution in [3.63, 3.8) is 0 Å². The van der Waals surface area contributed by atoms with Gasteiger partial charge in [0.15, 0.2) is 0 Å². The summed E-state index contributed by atoms with van der Waals surface area (Å²) in [5.74, 6) is 0.160. The predicted octanol–water partition coefficient (Wildman–Crippen LogP) is 0.621. The van der Waals surface area contributed by atoms with Crippen LogP contribution in [-0.4, -0.2) is 17.3 Å². The van der Waals surface area contributed by atoms with Crippen molar-refractivity contribution in [1.29, 1.82) is 0 Å². The van der Waals surface area contributed by atoms with Gasteiger partial charge in [0.25, 0.3) is 0 Å². The van der Waals surface area contributed by atoms with Crippen molar-refractivity contribution < 1.29 is 9.15 Å². The Morgan fingerprint density at radius 2 is 2.27 bits per heavy atom. The third-order valence-corrected chi connectivity index (χ3v) is 1.85. The van der Waals surface area contributed by atoms with Gasteiger partial charge in [0, 0.05) is 17.3 Å². The standard InChI is InChI=1S/C9H9N3O3/c1-14-7-3-5(2-6(10)4-7)8-11-12-9(13)15-8/h2-4H,10H2,1H3,(H,12,13). The van der Waals surface area contributed by atoms with E-state index in [9.17, 15) is 4.79 Å². The number of H-pyrrole nitrogens is 1. The number of anilines is 1. The van der Waals surface area contributed by atoms with Crippen molar-refractivity contribution in [3.05, 3.63) is 28.7 Å². The van der Waals surface area contributed by atoms with Gasteiger partial charge in [0.05, 0.1) is 7.11 Å². The quantitative estimate of drug-likeness (QED) is 0.704. The van der Waals surface area contributed by atoms with Gasteiger partial charge in [-0.2, -0.15) is 0 Å². The zero-order valence-corrected chi connectivity index (χ0v) is 7.98. The zero-order valence-electron chi connectivity index (χ0n) is 7.98. The van der Waals surface area contributed by atoms with E-state index in [1.165, 1.54) is 7.11 Å². The molecule has 0 unspecified atom stereocenters. The maximum absolute atomic E-state index is 10.8. The molecule has 0 saturated heterocycles. The Labute approximate surface area is 84.7 Å². The van der Waals surface area contributed by atoms with Crippen LogP contribution >= 0.6 is 0 Å². The third kappa shape index (κ3) is 1.83. The normalized spacial score (nSPS) is 10.2. The van der Waals surface area contributed by atoms with E-state index in [0.717, 1.165) is 0 Å². The van der Waals surface area contributed by atoms with Crippen molar-refractivity contribution in [2.75, 3.05) is 12.8 Å². The summed E-state index contributed by atoms with van der Waals surface area (Å²) in [6.45, 7) is 0.